The van der Waals surface area contributed by atoms with Gasteiger partial charge in [0.15, 0.2) is 0 Å². The SMILES string of the molecule is CN1CCC(Oc2ccc(C3(CN)CCCC3)cc2Cl)C1. The first-order chi connectivity index (χ1) is 10.1. The molecule has 1 aliphatic carbocycles. The molecule has 116 valence electrons. The highest BCUT2D eigenvalue weighted by Crippen LogP contribution is 2.42. The second kappa shape index (κ2) is 6.15. The van der Waals surface area contributed by atoms with Crippen molar-refractivity contribution in [2.24, 2.45) is 5.73 Å². The molecule has 1 saturated heterocycles. The number of likely N-dealkylation sites (tertiary alicyclic amines) is 1. The highest BCUT2D eigenvalue weighted by molar-refractivity contribution is 6.32. The van der Waals surface area contributed by atoms with Crippen molar-refractivity contribution < 1.29 is 4.74 Å². The molecule has 1 heterocycles. The molecule has 1 aromatic rings. The quantitative estimate of drug-likeness (QED) is 0.928. The van der Waals surface area contributed by atoms with E-state index in [1.807, 2.05) is 6.07 Å². The van der Waals surface area contributed by atoms with E-state index in [-0.39, 0.29) is 11.5 Å². The Morgan fingerprint density at radius 1 is 1.38 bits per heavy atom. The summed E-state index contributed by atoms with van der Waals surface area (Å²) in [5, 5.41) is 0.724. The zero-order chi connectivity index (χ0) is 14.9. The van der Waals surface area contributed by atoms with E-state index >= 15 is 0 Å². The molecule has 1 aliphatic heterocycles. The van der Waals surface area contributed by atoms with Crippen LogP contribution in [0, 0.1) is 0 Å². The average molecular weight is 309 g/mol. The number of halogens is 1. The van der Waals surface area contributed by atoms with Gasteiger partial charge in [-0.1, -0.05) is 30.5 Å². The number of hydrogen-bond acceptors (Lipinski definition) is 3. The van der Waals surface area contributed by atoms with Crippen LogP contribution in [0.5, 0.6) is 5.75 Å². The molecule has 2 fully saturated rings. The van der Waals surface area contributed by atoms with Crippen molar-refractivity contribution in [3.05, 3.63) is 28.8 Å². The second-order valence-electron chi connectivity index (χ2n) is 6.63. The first kappa shape index (κ1) is 15.1. The first-order valence-electron chi connectivity index (χ1n) is 7.98. The second-order valence-corrected chi connectivity index (χ2v) is 7.03. The number of nitrogens with two attached hydrogens (primary N) is 1. The molecule has 21 heavy (non-hydrogen) atoms. The zero-order valence-corrected chi connectivity index (χ0v) is 13.5. The van der Waals surface area contributed by atoms with E-state index in [2.05, 4.69) is 24.1 Å². The summed E-state index contributed by atoms with van der Waals surface area (Å²) in [4.78, 5) is 2.29. The van der Waals surface area contributed by atoms with Crippen LogP contribution >= 0.6 is 11.6 Å². The van der Waals surface area contributed by atoms with E-state index in [0.29, 0.717) is 6.54 Å². The fraction of sp³-hybridized carbons (Fsp3) is 0.647. The normalized spacial score (nSPS) is 25.4. The topological polar surface area (TPSA) is 38.5 Å². The molecule has 2 N–H and O–H groups in total. The van der Waals surface area contributed by atoms with Crippen LogP contribution in [0.15, 0.2) is 18.2 Å². The van der Waals surface area contributed by atoms with E-state index in [9.17, 15) is 0 Å². The fourth-order valence-electron chi connectivity index (χ4n) is 3.76. The van der Waals surface area contributed by atoms with Gasteiger partial charge in [0, 0.05) is 25.0 Å². The molecule has 0 spiro atoms. The standard InChI is InChI=1S/C17H25ClN2O/c1-20-9-6-14(11-20)21-16-5-4-13(10-15(16)18)17(12-19)7-2-3-8-17/h4-5,10,14H,2-3,6-9,11-12,19H2,1H3. The Balaban J connectivity index is 1.76. The van der Waals surface area contributed by atoms with E-state index in [1.54, 1.807) is 0 Å². The molecule has 3 nitrogen and oxygen atoms in total. The summed E-state index contributed by atoms with van der Waals surface area (Å²) < 4.78 is 6.06. The summed E-state index contributed by atoms with van der Waals surface area (Å²) in [5.74, 6) is 0.811. The van der Waals surface area contributed by atoms with Gasteiger partial charge in [0.25, 0.3) is 0 Å². The summed E-state index contributed by atoms with van der Waals surface area (Å²) in [6.07, 6.45) is 6.21. The molecule has 1 aromatic carbocycles. The molecule has 0 bridgehead atoms. The minimum atomic E-state index is 0.135. The van der Waals surface area contributed by atoms with Crippen LogP contribution in [0.4, 0.5) is 0 Å². The molecule has 1 saturated carbocycles. The van der Waals surface area contributed by atoms with Gasteiger partial charge in [-0.15, -0.1) is 0 Å². The van der Waals surface area contributed by atoms with E-state index in [1.165, 1.54) is 31.2 Å². The highest BCUT2D eigenvalue weighted by atomic mass is 35.5. The van der Waals surface area contributed by atoms with Crippen molar-refractivity contribution in [3.8, 4) is 5.75 Å². The number of rotatable bonds is 4. The predicted octanol–water partition coefficient (Wildman–Crippen LogP) is 3.19. The van der Waals surface area contributed by atoms with Crippen molar-refractivity contribution in [3.63, 3.8) is 0 Å². The van der Waals surface area contributed by atoms with Gasteiger partial charge in [0.1, 0.15) is 11.9 Å². The maximum Gasteiger partial charge on any atom is 0.138 e. The minimum Gasteiger partial charge on any atom is -0.487 e. The Morgan fingerprint density at radius 2 is 2.14 bits per heavy atom. The number of ether oxygens (including phenoxy) is 1. The van der Waals surface area contributed by atoms with E-state index in [0.717, 1.165) is 30.3 Å². The summed E-state index contributed by atoms with van der Waals surface area (Å²) in [5.41, 5.74) is 7.47. The fourth-order valence-corrected chi connectivity index (χ4v) is 3.98. The Kier molecular flexibility index (Phi) is 4.43. The van der Waals surface area contributed by atoms with Crippen molar-refractivity contribution in [1.29, 1.82) is 0 Å². The molecular formula is C17H25ClN2O. The van der Waals surface area contributed by atoms with Crippen LogP contribution in [0.3, 0.4) is 0 Å². The Labute approximate surface area is 132 Å². The molecular weight excluding hydrogens is 284 g/mol. The average Bonchev–Trinajstić information content (AvgIpc) is 3.11. The Morgan fingerprint density at radius 3 is 2.71 bits per heavy atom. The lowest BCUT2D eigenvalue weighted by molar-refractivity contribution is 0.208. The zero-order valence-electron chi connectivity index (χ0n) is 12.8. The highest BCUT2D eigenvalue weighted by Gasteiger charge is 2.34. The van der Waals surface area contributed by atoms with E-state index in [4.69, 9.17) is 22.1 Å². The number of hydrogen-bond donors (Lipinski definition) is 1. The first-order valence-corrected chi connectivity index (χ1v) is 8.36. The van der Waals surface area contributed by atoms with Crippen LogP contribution in [0.1, 0.15) is 37.7 Å². The van der Waals surface area contributed by atoms with Crippen molar-refractivity contribution in [2.75, 3.05) is 26.7 Å². The third-order valence-electron chi connectivity index (χ3n) is 5.14. The lowest BCUT2D eigenvalue weighted by Gasteiger charge is -2.28. The summed E-state index contributed by atoms with van der Waals surface area (Å²) in [7, 11) is 2.12. The monoisotopic (exact) mass is 308 g/mol. The van der Waals surface area contributed by atoms with Gasteiger partial charge in [-0.05, 0) is 44.0 Å². The lowest BCUT2D eigenvalue weighted by atomic mass is 9.79. The van der Waals surface area contributed by atoms with Crippen LogP contribution in [0.2, 0.25) is 5.02 Å². The molecule has 0 radical (unpaired) electrons. The summed E-state index contributed by atoms with van der Waals surface area (Å²) >= 11 is 6.46. The van der Waals surface area contributed by atoms with Gasteiger partial charge in [-0.2, -0.15) is 0 Å². The van der Waals surface area contributed by atoms with Gasteiger partial charge in [-0.3, -0.25) is 0 Å². The van der Waals surface area contributed by atoms with E-state index < -0.39 is 0 Å². The predicted molar refractivity (Wildman–Crippen MR) is 87.2 cm³/mol. The van der Waals surface area contributed by atoms with Gasteiger partial charge in [0.2, 0.25) is 0 Å². The minimum absolute atomic E-state index is 0.135. The Hall–Kier alpha value is -0.770. The van der Waals surface area contributed by atoms with Gasteiger partial charge in [-0.25, -0.2) is 0 Å². The Bertz CT molecular complexity index is 500. The van der Waals surface area contributed by atoms with Crippen molar-refractivity contribution >= 4 is 11.6 Å². The van der Waals surface area contributed by atoms with Crippen LogP contribution in [-0.2, 0) is 5.41 Å². The smallest absolute Gasteiger partial charge is 0.138 e. The summed E-state index contributed by atoms with van der Waals surface area (Å²) in [6.45, 7) is 2.78. The van der Waals surface area contributed by atoms with Crippen molar-refractivity contribution in [2.45, 2.75) is 43.6 Å². The van der Waals surface area contributed by atoms with Crippen LogP contribution in [0.25, 0.3) is 0 Å². The molecule has 4 heteroatoms. The largest absolute Gasteiger partial charge is 0.487 e. The number of nitrogens with zero attached hydrogens (tertiary/aromatic N) is 1. The van der Waals surface area contributed by atoms with Crippen molar-refractivity contribution in [1.82, 2.24) is 4.90 Å². The molecule has 1 atom stereocenters. The number of likely N-dealkylation sites (N-methyl/N-ethyl adjacent to an activating group) is 1. The molecule has 3 rings (SSSR count). The molecule has 0 aromatic heterocycles. The number of benzene rings is 1. The van der Waals surface area contributed by atoms with Gasteiger partial charge < -0.3 is 15.4 Å². The maximum absolute atomic E-state index is 6.46. The lowest BCUT2D eigenvalue weighted by Crippen LogP contribution is -2.32. The molecule has 0 amide bonds. The molecule has 2 aliphatic rings. The van der Waals surface area contributed by atoms with Gasteiger partial charge in [0.05, 0.1) is 5.02 Å². The van der Waals surface area contributed by atoms with Gasteiger partial charge >= 0.3 is 0 Å². The van der Waals surface area contributed by atoms with Crippen LogP contribution < -0.4 is 10.5 Å². The maximum atomic E-state index is 6.46. The molecule has 1 unspecified atom stereocenters. The summed E-state index contributed by atoms with van der Waals surface area (Å²) in [6, 6.07) is 6.28. The third-order valence-corrected chi connectivity index (χ3v) is 5.43. The van der Waals surface area contributed by atoms with Crippen LogP contribution in [-0.4, -0.2) is 37.7 Å². The third kappa shape index (κ3) is 3.05.